The fourth-order valence-electron chi connectivity index (χ4n) is 0.730. The first-order valence-electron chi connectivity index (χ1n) is 4.35. The Labute approximate surface area is 96.7 Å². The second-order valence-corrected chi connectivity index (χ2v) is 3.57. The molecule has 0 aliphatic rings. The van der Waals surface area contributed by atoms with Gasteiger partial charge < -0.3 is 19.3 Å². The fraction of sp³-hybridized carbons (Fsp3) is 0.625. The number of aliphatic carboxylic acids is 1. The van der Waals surface area contributed by atoms with Gasteiger partial charge in [-0.25, -0.2) is 4.79 Å². The predicted molar refractivity (Wildman–Crippen MR) is 55.7 cm³/mol. The highest BCUT2D eigenvalue weighted by Gasteiger charge is 2.18. The van der Waals surface area contributed by atoms with Crippen molar-refractivity contribution in [2.24, 2.45) is 0 Å². The molecule has 0 aromatic carbocycles. The number of hydrogen-bond acceptors (Lipinski definition) is 6. The highest BCUT2D eigenvalue weighted by Crippen LogP contribution is 2.02. The zero-order valence-corrected chi connectivity index (χ0v) is 9.49. The van der Waals surface area contributed by atoms with Crippen LogP contribution in [0.3, 0.4) is 0 Å². The summed E-state index contributed by atoms with van der Waals surface area (Å²) in [7, 11) is 1.48. The average molecular weight is 251 g/mol. The summed E-state index contributed by atoms with van der Waals surface area (Å²) in [6.45, 7) is -0.384. The summed E-state index contributed by atoms with van der Waals surface area (Å²) in [5.74, 6) is -1.37. The summed E-state index contributed by atoms with van der Waals surface area (Å²) in [6, 6.07) is -1.21. The number of hydrogen-bond donors (Lipinski definition) is 2. The van der Waals surface area contributed by atoms with Crippen LogP contribution in [0.5, 0.6) is 0 Å². The maximum Gasteiger partial charge on any atom is 0.329 e. The number of carboxylic acids is 1. The normalized spacial score (nSPS) is 11.6. The Balaban J connectivity index is 3.78. The van der Waals surface area contributed by atoms with Crippen molar-refractivity contribution < 1.29 is 28.4 Å². The van der Waals surface area contributed by atoms with E-state index in [0.29, 0.717) is 5.75 Å². The Morgan fingerprint density at radius 2 is 2.25 bits per heavy atom. The minimum Gasteiger partial charge on any atom is -0.480 e. The van der Waals surface area contributed by atoms with Crippen LogP contribution >= 0.6 is 12.0 Å². The van der Waals surface area contributed by atoms with E-state index in [-0.39, 0.29) is 19.4 Å². The van der Waals surface area contributed by atoms with E-state index in [2.05, 4.69) is 8.92 Å². The molecule has 8 heteroatoms. The van der Waals surface area contributed by atoms with Crippen LogP contribution in [-0.4, -0.2) is 49.0 Å². The van der Waals surface area contributed by atoms with Crippen molar-refractivity contribution in [2.75, 3.05) is 19.5 Å². The van der Waals surface area contributed by atoms with E-state index in [1.807, 2.05) is 5.32 Å². The number of nitrogens with one attached hydrogen (secondary N) is 1. The van der Waals surface area contributed by atoms with Gasteiger partial charge in [0.25, 0.3) is 0 Å². The summed E-state index contributed by atoms with van der Waals surface area (Å²) in [6.07, 6.45) is 0.360. The van der Waals surface area contributed by atoms with Gasteiger partial charge in [-0.3, -0.25) is 9.59 Å². The molecule has 0 aliphatic carbocycles. The Hall–Kier alpha value is -1.28. The highest BCUT2D eigenvalue weighted by molar-refractivity contribution is 7.94. The first-order chi connectivity index (χ1) is 7.61. The maximum atomic E-state index is 11.0. The largest absolute Gasteiger partial charge is 0.480 e. The molecule has 7 nitrogen and oxygen atoms in total. The van der Waals surface area contributed by atoms with E-state index < -0.39 is 18.0 Å². The van der Waals surface area contributed by atoms with Crippen molar-refractivity contribution in [3.63, 3.8) is 0 Å². The van der Waals surface area contributed by atoms with Crippen molar-refractivity contribution in [3.05, 3.63) is 0 Å². The van der Waals surface area contributed by atoms with Crippen LogP contribution in [0, 0.1) is 0 Å². The van der Waals surface area contributed by atoms with Crippen LogP contribution < -0.4 is 5.32 Å². The van der Waals surface area contributed by atoms with Gasteiger partial charge in [-0.15, -0.1) is 0 Å². The van der Waals surface area contributed by atoms with Crippen LogP contribution in [0.4, 0.5) is 0 Å². The summed E-state index contributed by atoms with van der Waals surface area (Å²) < 4.78 is 9.31. The van der Waals surface area contributed by atoms with Crippen LogP contribution in [0.2, 0.25) is 0 Å². The molecule has 0 bridgehead atoms. The molecule has 1 amide bonds. The van der Waals surface area contributed by atoms with Crippen LogP contribution in [0.15, 0.2) is 0 Å². The van der Waals surface area contributed by atoms with Gasteiger partial charge in [-0.2, -0.15) is 0 Å². The highest BCUT2D eigenvalue weighted by atomic mass is 32.2. The van der Waals surface area contributed by atoms with Gasteiger partial charge in [0.15, 0.2) is 6.04 Å². The number of carbonyl (C=O) groups excluding carboxylic acids is 2. The van der Waals surface area contributed by atoms with Gasteiger partial charge in [0.2, 0.25) is 6.41 Å². The van der Waals surface area contributed by atoms with Gasteiger partial charge in [-0.05, 0) is 12.0 Å². The Bertz CT molecular complexity index is 247. The lowest BCUT2D eigenvalue weighted by Gasteiger charge is -2.11. The second kappa shape index (κ2) is 8.98. The smallest absolute Gasteiger partial charge is 0.329 e. The Kier molecular flexibility index (Phi) is 8.26. The van der Waals surface area contributed by atoms with E-state index in [1.165, 1.54) is 7.11 Å². The van der Waals surface area contributed by atoms with Crippen molar-refractivity contribution in [2.45, 2.75) is 12.5 Å². The molecule has 0 fully saturated rings. The fourth-order valence-corrected chi connectivity index (χ4v) is 1.15. The van der Waals surface area contributed by atoms with Crippen LogP contribution in [0.1, 0.15) is 6.42 Å². The molecule has 92 valence electrons. The molecule has 1 unspecified atom stereocenters. The number of rotatable bonds is 9. The molecule has 0 saturated carbocycles. The summed E-state index contributed by atoms with van der Waals surface area (Å²) in [5.41, 5.74) is 0. The average Bonchev–Trinajstić information content (AvgIpc) is 2.24. The van der Waals surface area contributed by atoms with Crippen molar-refractivity contribution in [1.29, 1.82) is 0 Å². The van der Waals surface area contributed by atoms with E-state index in [4.69, 9.17) is 5.11 Å². The topological polar surface area (TPSA) is 102 Å². The first kappa shape index (κ1) is 14.7. The van der Waals surface area contributed by atoms with Crippen molar-refractivity contribution in [1.82, 2.24) is 5.32 Å². The number of amides is 1. The summed E-state index contributed by atoms with van der Waals surface area (Å²) in [5, 5.41) is 10.6. The van der Waals surface area contributed by atoms with Crippen molar-refractivity contribution in [3.8, 4) is 0 Å². The minimum absolute atomic E-state index is 0.117. The zero-order chi connectivity index (χ0) is 12.4. The summed E-state index contributed by atoms with van der Waals surface area (Å²) in [4.78, 5) is 31.6. The second-order valence-electron chi connectivity index (χ2n) is 2.60. The zero-order valence-electron chi connectivity index (χ0n) is 8.67. The molecule has 0 aliphatic heterocycles. The Morgan fingerprint density at radius 1 is 1.56 bits per heavy atom. The molecule has 0 radical (unpaired) electrons. The molecule has 1 atom stereocenters. The van der Waals surface area contributed by atoms with Crippen LogP contribution in [0.25, 0.3) is 0 Å². The van der Waals surface area contributed by atoms with Gasteiger partial charge in [0, 0.05) is 5.75 Å². The van der Waals surface area contributed by atoms with E-state index >= 15 is 0 Å². The monoisotopic (exact) mass is 251 g/mol. The van der Waals surface area contributed by atoms with Gasteiger partial charge in [-0.1, -0.05) is 0 Å². The quantitative estimate of drug-likeness (QED) is 0.244. The SMILES string of the molecule is COSCCC(=O)OCC(NC=O)C(=O)O. The molecule has 0 aromatic heterocycles. The third-order valence-electron chi connectivity index (χ3n) is 1.49. The van der Waals surface area contributed by atoms with Crippen molar-refractivity contribution >= 4 is 30.4 Å². The van der Waals surface area contributed by atoms with Gasteiger partial charge in [0.1, 0.15) is 6.61 Å². The molecule has 0 rings (SSSR count). The lowest BCUT2D eigenvalue weighted by atomic mass is 10.3. The maximum absolute atomic E-state index is 11.0. The first-order valence-corrected chi connectivity index (χ1v) is 5.26. The molecular weight excluding hydrogens is 238 g/mol. The number of carbonyl (C=O) groups is 3. The third kappa shape index (κ3) is 7.07. The van der Waals surface area contributed by atoms with Crippen LogP contribution in [-0.2, 0) is 23.3 Å². The molecule has 0 spiro atoms. The third-order valence-corrected chi connectivity index (χ3v) is 2.09. The lowest BCUT2D eigenvalue weighted by molar-refractivity contribution is -0.149. The standard InChI is InChI=1S/C8H13NO6S/c1-14-16-3-2-7(11)15-4-6(8(12)13)9-5-10/h5-6H,2-4H2,1H3,(H,9,10)(H,12,13). The molecule has 2 N–H and O–H groups in total. The van der Waals surface area contributed by atoms with E-state index in [1.54, 1.807) is 0 Å². The number of ether oxygens (including phenoxy) is 1. The van der Waals surface area contributed by atoms with E-state index in [9.17, 15) is 14.4 Å². The van der Waals surface area contributed by atoms with Gasteiger partial charge >= 0.3 is 11.9 Å². The summed E-state index contributed by atoms with van der Waals surface area (Å²) >= 11 is 1.10. The molecule has 0 aromatic rings. The Morgan fingerprint density at radius 3 is 2.75 bits per heavy atom. The van der Waals surface area contributed by atoms with E-state index in [0.717, 1.165) is 12.0 Å². The molecule has 16 heavy (non-hydrogen) atoms. The minimum atomic E-state index is -1.26. The molecule has 0 heterocycles. The van der Waals surface area contributed by atoms with Gasteiger partial charge in [0.05, 0.1) is 13.5 Å². The lowest BCUT2D eigenvalue weighted by Crippen LogP contribution is -2.40. The number of esters is 1. The predicted octanol–water partition coefficient (Wildman–Crippen LogP) is -0.587. The molecular formula is C8H13NO6S. The number of carboxylic acid groups (broad SMARTS) is 1. The molecule has 0 saturated heterocycles.